The SMILES string of the molecule is CCOc1ccc(Cc2cc(C3CCNCC3)n(CCF)n2)cc1. The van der Waals surface area contributed by atoms with E-state index in [1.165, 1.54) is 11.3 Å². The van der Waals surface area contributed by atoms with Crippen molar-refractivity contribution in [1.82, 2.24) is 15.1 Å². The van der Waals surface area contributed by atoms with Crippen LogP contribution in [0, 0.1) is 0 Å². The summed E-state index contributed by atoms with van der Waals surface area (Å²) in [6, 6.07) is 10.3. The van der Waals surface area contributed by atoms with E-state index in [1.54, 1.807) is 0 Å². The number of nitrogens with zero attached hydrogens (tertiary/aromatic N) is 2. The van der Waals surface area contributed by atoms with E-state index in [9.17, 15) is 4.39 Å². The van der Waals surface area contributed by atoms with Crippen LogP contribution in [0.15, 0.2) is 30.3 Å². The molecule has 1 aliphatic rings. The Morgan fingerprint density at radius 1 is 1.25 bits per heavy atom. The molecule has 5 heteroatoms. The van der Waals surface area contributed by atoms with E-state index < -0.39 is 0 Å². The van der Waals surface area contributed by atoms with E-state index >= 15 is 0 Å². The Kier molecular flexibility index (Phi) is 5.86. The molecule has 1 fully saturated rings. The Bertz CT molecular complexity index is 633. The molecule has 1 aromatic heterocycles. The maximum absolute atomic E-state index is 12.9. The summed E-state index contributed by atoms with van der Waals surface area (Å²) in [6.45, 7) is 4.68. The number of aromatic nitrogens is 2. The van der Waals surface area contributed by atoms with Crippen LogP contribution in [0.4, 0.5) is 4.39 Å². The standard InChI is InChI=1S/C19H26FN3O/c1-2-24-18-5-3-15(4-6-18)13-17-14-19(23(22-17)12-9-20)16-7-10-21-11-8-16/h3-6,14,16,21H,2,7-13H2,1H3. The molecule has 0 radical (unpaired) electrons. The van der Waals surface area contributed by atoms with Crippen molar-refractivity contribution < 1.29 is 9.13 Å². The Morgan fingerprint density at radius 3 is 2.67 bits per heavy atom. The summed E-state index contributed by atoms with van der Waals surface area (Å²) in [5, 5.41) is 8.04. The third-order valence-corrected chi connectivity index (χ3v) is 4.54. The van der Waals surface area contributed by atoms with Gasteiger partial charge in [0.15, 0.2) is 0 Å². The van der Waals surface area contributed by atoms with Crippen LogP contribution in [-0.4, -0.2) is 36.2 Å². The van der Waals surface area contributed by atoms with Crippen molar-refractivity contribution in [2.45, 2.75) is 38.6 Å². The highest BCUT2D eigenvalue weighted by atomic mass is 19.1. The smallest absolute Gasteiger partial charge is 0.119 e. The molecular weight excluding hydrogens is 305 g/mol. The largest absolute Gasteiger partial charge is 0.494 e. The van der Waals surface area contributed by atoms with Crippen molar-refractivity contribution in [3.05, 3.63) is 47.3 Å². The fourth-order valence-electron chi connectivity index (χ4n) is 3.36. The highest BCUT2D eigenvalue weighted by Crippen LogP contribution is 2.27. The minimum Gasteiger partial charge on any atom is -0.494 e. The first-order valence-corrected chi connectivity index (χ1v) is 8.85. The van der Waals surface area contributed by atoms with Crippen molar-refractivity contribution in [3.8, 4) is 5.75 Å². The number of hydrogen-bond acceptors (Lipinski definition) is 3. The fourth-order valence-corrected chi connectivity index (χ4v) is 3.36. The summed E-state index contributed by atoms with van der Waals surface area (Å²) in [5.41, 5.74) is 3.40. The van der Waals surface area contributed by atoms with Crippen LogP contribution in [-0.2, 0) is 13.0 Å². The van der Waals surface area contributed by atoms with Gasteiger partial charge in [0.1, 0.15) is 12.4 Å². The van der Waals surface area contributed by atoms with Gasteiger partial charge >= 0.3 is 0 Å². The highest BCUT2D eigenvalue weighted by molar-refractivity contribution is 5.30. The van der Waals surface area contributed by atoms with Gasteiger partial charge in [0.2, 0.25) is 0 Å². The molecule has 1 saturated heterocycles. The summed E-state index contributed by atoms with van der Waals surface area (Å²) >= 11 is 0. The average Bonchev–Trinajstić information content (AvgIpc) is 3.00. The lowest BCUT2D eigenvalue weighted by molar-refractivity contribution is 0.340. The molecule has 0 aliphatic carbocycles. The maximum Gasteiger partial charge on any atom is 0.119 e. The molecule has 0 bridgehead atoms. The molecule has 2 aromatic rings. The number of aryl methyl sites for hydroxylation is 1. The van der Waals surface area contributed by atoms with Crippen LogP contribution in [0.5, 0.6) is 5.75 Å². The summed E-state index contributed by atoms with van der Waals surface area (Å²) in [4.78, 5) is 0. The monoisotopic (exact) mass is 331 g/mol. The Balaban J connectivity index is 1.75. The van der Waals surface area contributed by atoms with Gasteiger partial charge in [-0.2, -0.15) is 5.10 Å². The Hall–Kier alpha value is -1.88. The van der Waals surface area contributed by atoms with E-state index in [4.69, 9.17) is 4.74 Å². The normalized spacial score (nSPS) is 15.6. The topological polar surface area (TPSA) is 39.1 Å². The van der Waals surface area contributed by atoms with E-state index in [2.05, 4.69) is 28.6 Å². The number of rotatable bonds is 7. The lowest BCUT2D eigenvalue weighted by Gasteiger charge is -2.23. The van der Waals surface area contributed by atoms with Gasteiger partial charge in [0, 0.05) is 18.0 Å². The van der Waals surface area contributed by atoms with Gasteiger partial charge < -0.3 is 10.1 Å². The van der Waals surface area contributed by atoms with Crippen LogP contribution in [0.2, 0.25) is 0 Å². The fraction of sp³-hybridized carbons (Fsp3) is 0.526. The minimum absolute atomic E-state index is 0.350. The second-order valence-electron chi connectivity index (χ2n) is 6.25. The van der Waals surface area contributed by atoms with E-state index in [-0.39, 0.29) is 6.67 Å². The predicted octanol–water partition coefficient (Wildman–Crippen LogP) is 3.31. The van der Waals surface area contributed by atoms with Gasteiger partial charge in [0.05, 0.1) is 18.8 Å². The summed E-state index contributed by atoms with van der Waals surface area (Å²) in [5.74, 6) is 1.37. The number of nitrogens with one attached hydrogen (secondary N) is 1. The van der Waals surface area contributed by atoms with Crippen molar-refractivity contribution in [2.24, 2.45) is 0 Å². The molecular formula is C19H26FN3O. The Morgan fingerprint density at radius 2 is 2.00 bits per heavy atom. The molecule has 4 nitrogen and oxygen atoms in total. The van der Waals surface area contributed by atoms with Gasteiger partial charge in [0.25, 0.3) is 0 Å². The molecule has 1 N–H and O–H groups in total. The lowest BCUT2D eigenvalue weighted by Crippen LogP contribution is -2.28. The zero-order chi connectivity index (χ0) is 16.8. The number of hydrogen-bond donors (Lipinski definition) is 1. The summed E-state index contributed by atoms with van der Waals surface area (Å²) < 4.78 is 20.2. The summed E-state index contributed by atoms with van der Waals surface area (Å²) in [6.07, 6.45) is 2.96. The van der Waals surface area contributed by atoms with Crippen molar-refractivity contribution in [1.29, 1.82) is 0 Å². The first kappa shape index (κ1) is 17.0. The van der Waals surface area contributed by atoms with Gasteiger partial charge in [-0.15, -0.1) is 0 Å². The van der Waals surface area contributed by atoms with Crippen LogP contribution >= 0.6 is 0 Å². The van der Waals surface area contributed by atoms with Gasteiger partial charge in [-0.05, 0) is 56.6 Å². The maximum atomic E-state index is 12.9. The quantitative estimate of drug-likeness (QED) is 0.846. The van der Waals surface area contributed by atoms with E-state index in [1.807, 2.05) is 23.7 Å². The zero-order valence-corrected chi connectivity index (χ0v) is 14.3. The molecule has 130 valence electrons. The second kappa shape index (κ2) is 8.29. The number of halogens is 1. The number of piperidine rings is 1. The van der Waals surface area contributed by atoms with Crippen LogP contribution < -0.4 is 10.1 Å². The number of benzene rings is 1. The second-order valence-corrected chi connectivity index (χ2v) is 6.25. The summed E-state index contributed by atoms with van der Waals surface area (Å²) in [7, 11) is 0. The van der Waals surface area contributed by atoms with Crippen molar-refractivity contribution in [2.75, 3.05) is 26.4 Å². The third-order valence-electron chi connectivity index (χ3n) is 4.54. The van der Waals surface area contributed by atoms with E-state index in [0.717, 1.165) is 43.8 Å². The van der Waals surface area contributed by atoms with Gasteiger partial charge in [-0.3, -0.25) is 4.68 Å². The molecule has 0 spiro atoms. The number of ether oxygens (including phenoxy) is 1. The number of alkyl halides is 1. The van der Waals surface area contributed by atoms with Crippen LogP contribution in [0.25, 0.3) is 0 Å². The van der Waals surface area contributed by atoms with E-state index in [0.29, 0.717) is 19.1 Å². The minimum atomic E-state index is -0.373. The molecule has 3 rings (SSSR count). The Labute approximate surface area is 143 Å². The highest BCUT2D eigenvalue weighted by Gasteiger charge is 2.20. The van der Waals surface area contributed by atoms with Crippen molar-refractivity contribution in [3.63, 3.8) is 0 Å². The first-order chi connectivity index (χ1) is 11.8. The molecule has 2 heterocycles. The van der Waals surface area contributed by atoms with Gasteiger partial charge in [-0.25, -0.2) is 4.39 Å². The van der Waals surface area contributed by atoms with Crippen molar-refractivity contribution >= 4 is 0 Å². The predicted molar refractivity (Wildman–Crippen MR) is 93.5 cm³/mol. The van der Waals surface area contributed by atoms with Crippen LogP contribution in [0.3, 0.4) is 0 Å². The van der Waals surface area contributed by atoms with Gasteiger partial charge in [-0.1, -0.05) is 12.1 Å². The molecule has 0 amide bonds. The molecule has 1 aromatic carbocycles. The zero-order valence-electron chi connectivity index (χ0n) is 14.3. The molecule has 0 unspecified atom stereocenters. The molecule has 1 aliphatic heterocycles. The molecule has 0 saturated carbocycles. The lowest BCUT2D eigenvalue weighted by atomic mass is 9.94. The van der Waals surface area contributed by atoms with Crippen LogP contribution in [0.1, 0.15) is 42.6 Å². The molecule has 24 heavy (non-hydrogen) atoms. The average molecular weight is 331 g/mol. The first-order valence-electron chi connectivity index (χ1n) is 8.85. The molecule has 0 atom stereocenters. The third kappa shape index (κ3) is 4.15.